The first-order chi connectivity index (χ1) is 12.6. The quantitative estimate of drug-likeness (QED) is 0.595. The molecule has 0 amide bonds. The third-order valence-corrected chi connectivity index (χ3v) is 4.84. The van der Waals surface area contributed by atoms with Crippen LogP contribution in [0.3, 0.4) is 0 Å². The second kappa shape index (κ2) is 6.52. The fourth-order valence-electron chi connectivity index (χ4n) is 3.67. The van der Waals surface area contributed by atoms with Crippen molar-refractivity contribution in [1.82, 2.24) is 4.57 Å². The van der Waals surface area contributed by atoms with Gasteiger partial charge in [0.2, 0.25) is 6.43 Å². The molecule has 1 aliphatic rings. The van der Waals surface area contributed by atoms with Crippen LogP contribution in [0.15, 0.2) is 48.5 Å². The van der Waals surface area contributed by atoms with Crippen LogP contribution in [0.2, 0.25) is 0 Å². The average molecular weight is 359 g/mol. The van der Waals surface area contributed by atoms with E-state index in [4.69, 9.17) is 4.74 Å². The van der Waals surface area contributed by atoms with Crippen molar-refractivity contribution in [2.75, 3.05) is 0 Å². The molecule has 2 heterocycles. The topological polar surface area (TPSA) is 31.2 Å². The summed E-state index contributed by atoms with van der Waals surface area (Å²) in [5.41, 5.74) is 1.39. The minimum atomic E-state index is -2.63. The predicted molar refractivity (Wildman–Crippen MR) is 91.5 cm³/mol. The highest BCUT2D eigenvalue weighted by molar-refractivity contribution is 6.06. The fraction of sp³-hybridized carbons (Fsp3) is 0.250. The van der Waals surface area contributed by atoms with E-state index in [0.717, 1.165) is 5.56 Å². The third kappa shape index (κ3) is 2.75. The lowest BCUT2D eigenvalue weighted by Crippen LogP contribution is -2.09. The molecule has 0 saturated carbocycles. The van der Waals surface area contributed by atoms with Crippen molar-refractivity contribution in [3.8, 4) is 5.75 Å². The maximum Gasteiger partial charge on any atom is 0.334 e. The van der Waals surface area contributed by atoms with E-state index < -0.39 is 18.4 Å². The van der Waals surface area contributed by atoms with Crippen LogP contribution in [-0.4, -0.2) is 17.0 Å². The van der Waals surface area contributed by atoms with Gasteiger partial charge in [0.25, 0.3) is 0 Å². The number of benzene rings is 2. The Morgan fingerprint density at radius 3 is 2.65 bits per heavy atom. The Labute approximate surface area is 148 Å². The second-order valence-electron chi connectivity index (χ2n) is 6.37. The Hall–Kier alpha value is -2.76. The summed E-state index contributed by atoms with van der Waals surface area (Å²) in [4.78, 5) is 11.6. The lowest BCUT2D eigenvalue weighted by molar-refractivity contribution is 0.0831. The van der Waals surface area contributed by atoms with Crippen LogP contribution >= 0.6 is 0 Å². The third-order valence-electron chi connectivity index (χ3n) is 4.84. The van der Waals surface area contributed by atoms with Crippen LogP contribution in [0.25, 0.3) is 10.9 Å². The SMILES string of the molecule is O=C(F)c1c2n(c3ccc(OCc4ccccc4)cc13)CCC2C(F)F. The molecule has 2 aromatic carbocycles. The van der Waals surface area contributed by atoms with Crippen molar-refractivity contribution >= 4 is 16.9 Å². The number of hydrogen-bond acceptors (Lipinski definition) is 2. The van der Waals surface area contributed by atoms with Crippen LogP contribution in [0.1, 0.15) is 34.0 Å². The van der Waals surface area contributed by atoms with Crippen molar-refractivity contribution in [2.45, 2.75) is 31.9 Å². The van der Waals surface area contributed by atoms with E-state index in [1.165, 1.54) is 0 Å². The van der Waals surface area contributed by atoms with Gasteiger partial charge >= 0.3 is 6.04 Å². The van der Waals surface area contributed by atoms with E-state index in [-0.39, 0.29) is 17.7 Å². The highest BCUT2D eigenvalue weighted by Gasteiger charge is 2.37. The van der Waals surface area contributed by atoms with Crippen LogP contribution in [0, 0.1) is 0 Å². The lowest BCUT2D eigenvalue weighted by Gasteiger charge is -2.09. The summed E-state index contributed by atoms with van der Waals surface area (Å²) in [5.74, 6) is -0.660. The van der Waals surface area contributed by atoms with Gasteiger partial charge in [-0.2, -0.15) is 4.39 Å². The molecule has 3 nitrogen and oxygen atoms in total. The molecule has 0 fully saturated rings. The second-order valence-corrected chi connectivity index (χ2v) is 6.37. The number of nitrogens with zero attached hydrogens (tertiary/aromatic N) is 1. The van der Waals surface area contributed by atoms with E-state index in [1.54, 1.807) is 22.8 Å². The van der Waals surface area contributed by atoms with Crippen molar-refractivity contribution in [1.29, 1.82) is 0 Å². The minimum Gasteiger partial charge on any atom is -0.489 e. The highest BCUT2D eigenvalue weighted by atomic mass is 19.3. The zero-order valence-corrected chi connectivity index (χ0v) is 13.8. The van der Waals surface area contributed by atoms with Gasteiger partial charge < -0.3 is 9.30 Å². The van der Waals surface area contributed by atoms with Gasteiger partial charge in [0, 0.05) is 23.1 Å². The van der Waals surface area contributed by atoms with Gasteiger partial charge in [-0.05, 0) is 30.2 Å². The van der Waals surface area contributed by atoms with Gasteiger partial charge in [-0.3, -0.25) is 4.79 Å². The number of ether oxygens (including phenoxy) is 1. The first kappa shape index (κ1) is 16.7. The van der Waals surface area contributed by atoms with Crippen LogP contribution < -0.4 is 4.74 Å². The zero-order valence-electron chi connectivity index (χ0n) is 13.8. The van der Waals surface area contributed by atoms with E-state index >= 15 is 0 Å². The van der Waals surface area contributed by atoms with E-state index in [0.29, 0.717) is 29.8 Å². The minimum absolute atomic E-state index is 0.0997. The number of aryl methyl sites for hydroxylation is 1. The summed E-state index contributed by atoms with van der Waals surface area (Å²) in [6.07, 6.45) is -2.43. The van der Waals surface area contributed by atoms with E-state index in [9.17, 15) is 18.0 Å². The van der Waals surface area contributed by atoms with Gasteiger partial charge in [0.05, 0.1) is 11.5 Å². The number of hydrogen-bond donors (Lipinski definition) is 0. The molecule has 3 aromatic rings. The number of carbonyl (C=O) groups excluding carboxylic acids is 1. The van der Waals surface area contributed by atoms with Gasteiger partial charge in [-0.15, -0.1) is 0 Å². The molecular weight excluding hydrogens is 343 g/mol. The molecule has 1 atom stereocenters. The number of rotatable bonds is 5. The first-order valence-corrected chi connectivity index (χ1v) is 8.37. The Morgan fingerprint density at radius 2 is 1.96 bits per heavy atom. The largest absolute Gasteiger partial charge is 0.489 e. The van der Waals surface area contributed by atoms with Crippen LogP contribution in [0.5, 0.6) is 5.75 Å². The van der Waals surface area contributed by atoms with Gasteiger partial charge in [0.1, 0.15) is 12.4 Å². The smallest absolute Gasteiger partial charge is 0.334 e. The molecule has 0 saturated heterocycles. The number of aromatic nitrogens is 1. The maximum atomic E-state index is 13.7. The molecule has 4 rings (SSSR count). The van der Waals surface area contributed by atoms with Crippen LogP contribution in [-0.2, 0) is 13.2 Å². The Kier molecular flexibility index (Phi) is 4.18. The monoisotopic (exact) mass is 359 g/mol. The van der Waals surface area contributed by atoms with Crippen molar-refractivity contribution in [3.63, 3.8) is 0 Å². The summed E-state index contributed by atoms with van der Waals surface area (Å²) >= 11 is 0. The molecule has 0 bridgehead atoms. The molecule has 0 N–H and O–H groups in total. The number of alkyl halides is 2. The van der Waals surface area contributed by atoms with Gasteiger partial charge in [-0.1, -0.05) is 30.3 Å². The Bertz CT molecular complexity index is 966. The summed E-state index contributed by atoms with van der Waals surface area (Å²) in [5, 5.41) is 0.323. The molecule has 1 aromatic heterocycles. The predicted octanol–water partition coefficient (Wildman–Crippen LogP) is 5.08. The molecule has 1 unspecified atom stereocenters. The molecular formula is C20H16F3NO2. The number of fused-ring (bicyclic) bond motifs is 3. The lowest BCUT2D eigenvalue weighted by atomic mass is 10.00. The molecule has 134 valence electrons. The van der Waals surface area contributed by atoms with E-state index in [1.807, 2.05) is 30.3 Å². The molecule has 6 heteroatoms. The van der Waals surface area contributed by atoms with E-state index in [2.05, 4.69) is 0 Å². The van der Waals surface area contributed by atoms with Crippen LogP contribution in [0.4, 0.5) is 13.2 Å². The molecule has 1 aliphatic heterocycles. The normalized spacial score (nSPS) is 16.2. The van der Waals surface area contributed by atoms with Crippen molar-refractivity contribution in [3.05, 3.63) is 65.4 Å². The Morgan fingerprint density at radius 1 is 1.19 bits per heavy atom. The average Bonchev–Trinajstić information content (AvgIpc) is 3.18. The highest BCUT2D eigenvalue weighted by Crippen LogP contribution is 2.42. The summed E-state index contributed by atoms with van der Waals surface area (Å²) in [6, 6.07) is 12.8. The van der Waals surface area contributed by atoms with Crippen molar-refractivity contribution in [2.24, 2.45) is 0 Å². The molecule has 0 spiro atoms. The fourth-order valence-corrected chi connectivity index (χ4v) is 3.67. The number of halogens is 3. The van der Waals surface area contributed by atoms with Gasteiger partial charge in [0.15, 0.2) is 0 Å². The number of carbonyl (C=O) groups is 1. The molecule has 0 aliphatic carbocycles. The molecule has 26 heavy (non-hydrogen) atoms. The maximum absolute atomic E-state index is 13.7. The first-order valence-electron chi connectivity index (χ1n) is 8.37. The molecule has 0 radical (unpaired) electrons. The van der Waals surface area contributed by atoms with Gasteiger partial charge in [-0.25, -0.2) is 8.78 Å². The zero-order chi connectivity index (χ0) is 18.3. The van der Waals surface area contributed by atoms with Crippen molar-refractivity contribution < 1.29 is 22.7 Å². The standard InChI is InChI=1S/C20H16F3NO2/c21-19(22)14-8-9-24-16-7-6-13(26-11-12-4-2-1-3-5-12)10-15(16)17(18(14)24)20(23)25/h1-7,10,14,19H,8-9,11H2. The summed E-state index contributed by atoms with van der Waals surface area (Å²) < 4.78 is 47.7. The summed E-state index contributed by atoms with van der Waals surface area (Å²) in [6.45, 7) is 0.664. The summed E-state index contributed by atoms with van der Waals surface area (Å²) in [7, 11) is 0. The Balaban J connectivity index is 1.74.